The fourth-order valence-corrected chi connectivity index (χ4v) is 6.71. The molecular formula is C17H22N2O3S. The van der Waals surface area contributed by atoms with E-state index >= 15 is 0 Å². The largest absolute Gasteiger partial charge is 0.384 e. The summed E-state index contributed by atoms with van der Waals surface area (Å²) in [5, 5.41) is 1.22. The van der Waals surface area contributed by atoms with Crippen molar-refractivity contribution < 1.29 is 13.2 Å². The van der Waals surface area contributed by atoms with Crippen molar-refractivity contribution in [1.29, 1.82) is 0 Å². The maximum absolute atomic E-state index is 12.5. The lowest BCUT2D eigenvalue weighted by atomic mass is 9.83. The normalized spacial score (nSPS) is 25.9. The van der Waals surface area contributed by atoms with Gasteiger partial charge in [-0.25, -0.2) is 8.42 Å². The molecule has 3 heterocycles. The Bertz CT molecular complexity index is 821. The Morgan fingerprint density at radius 3 is 2.96 bits per heavy atom. The van der Waals surface area contributed by atoms with Crippen LogP contribution in [0.3, 0.4) is 0 Å². The van der Waals surface area contributed by atoms with Crippen LogP contribution in [0.2, 0.25) is 0 Å². The molecule has 2 saturated heterocycles. The number of methoxy groups -OCH3 is 1. The topological polar surface area (TPSA) is 62.4 Å². The first-order valence-electron chi connectivity index (χ1n) is 8.04. The molecule has 0 bridgehead atoms. The van der Waals surface area contributed by atoms with Gasteiger partial charge in [0.15, 0.2) is 9.84 Å². The molecule has 1 aromatic heterocycles. The summed E-state index contributed by atoms with van der Waals surface area (Å²) in [5.74, 6) is 0.444. The SMILES string of the molecule is COC[C@@H]1CCS(=O)(=O)C12CN(Cc1cccc3[nH]ccc13)C2. The van der Waals surface area contributed by atoms with Crippen LogP contribution in [-0.4, -0.2) is 55.6 Å². The average Bonchev–Trinajstić information content (AvgIpc) is 3.04. The molecule has 0 saturated carbocycles. The minimum Gasteiger partial charge on any atom is -0.384 e. The number of aromatic nitrogens is 1. The molecule has 1 spiro atoms. The maximum Gasteiger partial charge on any atom is 0.158 e. The van der Waals surface area contributed by atoms with E-state index in [4.69, 9.17) is 4.74 Å². The van der Waals surface area contributed by atoms with Crippen LogP contribution in [-0.2, 0) is 21.1 Å². The maximum atomic E-state index is 12.5. The van der Waals surface area contributed by atoms with Gasteiger partial charge in [-0.2, -0.15) is 0 Å². The second-order valence-electron chi connectivity index (χ2n) is 6.83. The summed E-state index contributed by atoms with van der Waals surface area (Å²) in [4.78, 5) is 5.47. The minimum atomic E-state index is -3.01. The highest BCUT2D eigenvalue weighted by atomic mass is 32.2. The molecular weight excluding hydrogens is 312 g/mol. The van der Waals surface area contributed by atoms with E-state index in [2.05, 4.69) is 28.1 Å². The Hall–Kier alpha value is -1.37. The number of benzene rings is 1. The van der Waals surface area contributed by atoms with E-state index in [-0.39, 0.29) is 5.92 Å². The van der Waals surface area contributed by atoms with E-state index in [1.165, 1.54) is 10.9 Å². The number of nitrogens with zero attached hydrogens (tertiary/aromatic N) is 1. The lowest BCUT2D eigenvalue weighted by molar-refractivity contribution is 0.0414. The smallest absolute Gasteiger partial charge is 0.158 e. The van der Waals surface area contributed by atoms with Crippen molar-refractivity contribution in [2.75, 3.05) is 32.6 Å². The van der Waals surface area contributed by atoms with Crippen LogP contribution in [0.4, 0.5) is 0 Å². The second kappa shape index (κ2) is 5.33. The third kappa shape index (κ3) is 2.23. The quantitative estimate of drug-likeness (QED) is 0.926. The number of fused-ring (bicyclic) bond motifs is 1. The van der Waals surface area contributed by atoms with Gasteiger partial charge in [-0.05, 0) is 24.1 Å². The number of rotatable bonds is 4. The number of sulfone groups is 1. The number of ether oxygens (including phenoxy) is 1. The molecule has 124 valence electrons. The summed E-state index contributed by atoms with van der Waals surface area (Å²) in [6, 6.07) is 8.31. The molecule has 2 aromatic rings. The van der Waals surface area contributed by atoms with Crippen LogP contribution < -0.4 is 0 Å². The van der Waals surface area contributed by atoms with Gasteiger partial charge >= 0.3 is 0 Å². The van der Waals surface area contributed by atoms with Crippen molar-refractivity contribution in [2.24, 2.45) is 5.92 Å². The van der Waals surface area contributed by atoms with Gasteiger partial charge < -0.3 is 9.72 Å². The lowest BCUT2D eigenvalue weighted by Crippen LogP contribution is -2.67. The van der Waals surface area contributed by atoms with Gasteiger partial charge in [0.05, 0.1) is 12.4 Å². The first-order chi connectivity index (χ1) is 11.1. The number of H-pyrrole nitrogens is 1. The first-order valence-corrected chi connectivity index (χ1v) is 9.69. The average molecular weight is 334 g/mol. The summed E-state index contributed by atoms with van der Waals surface area (Å²) >= 11 is 0. The molecule has 2 aliphatic heterocycles. The zero-order valence-corrected chi connectivity index (χ0v) is 14.1. The van der Waals surface area contributed by atoms with Crippen LogP contribution in [0.5, 0.6) is 0 Å². The van der Waals surface area contributed by atoms with E-state index in [1.54, 1.807) is 7.11 Å². The van der Waals surface area contributed by atoms with Crippen molar-refractivity contribution in [3.8, 4) is 0 Å². The van der Waals surface area contributed by atoms with Crippen LogP contribution in [0.25, 0.3) is 10.9 Å². The number of aromatic amines is 1. The monoisotopic (exact) mass is 334 g/mol. The second-order valence-corrected chi connectivity index (χ2v) is 9.28. The zero-order valence-electron chi connectivity index (χ0n) is 13.3. The van der Waals surface area contributed by atoms with Crippen LogP contribution >= 0.6 is 0 Å². The Morgan fingerprint density at radius 2 is 2.17 bits per heavy atom. The summed E-state index contributed by atoms with van der Waals surface area (Å²) < 4.78 is 29.8. The fraction of sp³-hybridized carbons (Fsp3) is 0.529. The van der Waals surface area contributed by atoms with Gasteiger partial charge in [0.25, 0.3) is 0 Å². The van der Waals surface area contributed by atoms with Gasteiger partial charge in [0, 0.05) is 49.8 Å². The van der Waals surface area contributed by atoms with Crippen molar-refractivity contribution >= 4 is 20.7 Å². The molecule has 23 heavy (non-hydrogen) atoms. The van der Waals surface area contributed by atoms with Crippen molar-refractivity contribution in [1.82, 2.24) is 9.88 Å². The molecule has 0 unspecified atom stereocenters. The lowest BCUT2D eigenvalue weighted by Gasteiger charge is -2.50. The minimum absolute atomic E-state index is 0.136. The number of nitrogens with one attached hydrogen (secondary N) is 1. The summed E-state index contributed by atoms with van der Waals surface area (Å²) in [6.45, 7) is 2.60. The summed E-state index contributed by atoms with van der Waals surface area (Å²) in [7, 11) is -1.35. The molecule has 1 atom stereocenters. The molecule has 4 rings (SSSR count). The molecule has 1 N–H and O–H groups in total. The molecule has 1 aromatic carbocycles. The molecule has 5 nitrogen and oxygen atoms in total. The van der Waals surface area contributed by atoms with Gasteiger partial charge in [0.2, 0.25) is 0 Å². The predicted molar refractivity (Wildman–Crippen MR) is 90.1 cm³/mol. The third-order valence-corrected chi connectivity index (χ3v) is 8.13. The van der Waals surface area contributed by atoms with E-state index in [1.807, 2.05) is 12.3 Å². The van der Waals surface area contributed by atoms with E-state index in [0.29, 0.717) is 25.4 Å². The Kier molecular flexibility index (Phi) is 3.51. The number of likely N-dealkylation sites (tertiary alicyclic amines) is 1. The highest BCUT2D eigenvalue weighted by molar-refractivity contribution is 7.93. The van der Waals surface area contributed by atoms with E-state index in [0.717, 1.165) is 18.5 Å². The molecule has 6 heteroatoms. The molecule has 0 radical (unpaired) electrons. The summed E-state index contributed by atoms with van der Waals surface area (Å²) in [6.07, 6.45) is 2.68. The van der Waals surface area contributed by atoms with E-state index < -0.39 is 14.6 Å². The Labute approximate surface area is 136 Å². The van der Waals surface area contributed by atoms with Crippen LogP contribution in [0.15, 0.2) is 30.5 Å². The van der Waals surface area contributed by atoms with Gasteiger partial charge in [0.1, 0.15) is 4.75 Å². The van der Waals surface area contributed by atoms with Crippen molar-refractivity contribution in [3.63, 3.8) is 0 Å². The van der Waals surface area contributed by atoms with Gasteiger partial charge in [-0.1, -0.05) is 12.1 Å². The van der Waals surface area contributed by atoms with E-state index in [9.17, 15) is 8.42 Å². The highest BCUT2D eigenvalue weighted by Crippen LogP contribution is 2.45. The molecule has 0 aliphatic carbocycles. The molecule has 2 aliphatic rings. The zero-order chi connectivity index (χ0) is 16.1. The number of hydrogen-bond donors (Lipinski definition) is 1. The van der Waals surface area contributed by atoms with Crippen LogP contribution in [0.1, 0.15) is 12.0 Å². The van der Waals surface area contributed by atoms with Gasteiger partial charge in [-0.15, -0.1) is 0 Å². The first kappa shape index (κ1) is 15.2. The van der Waals surface area contributed by atoms with Gasteiger partial charge in [-0.3, -0.25) is 4.90 Å². The highest BCUT2D eigenvalue weighted by Gasteiger charge is 2.61. The predicted octanol–water partition coefficient (Wildman–Crippen LogP) is 1.80. The third-order valence-electron chi connectivity index (χ3n) is 5.53. The van der Waals surface area contributed by atoms with Crippen molar-refractivity contribution in [2.45, 2.75) is 17.7 Å². The Morgan fingerprint density at radius 1 is 1.35 bits per heavy atom. The van der Waals surface area contributed by atoms with Crippen LogP contribution in [0, 0.1) is 5.92 Å². The fourth-order valence-electron chi connectivity index (χ4n) is 4.26. The Balaban J connectivity index is 1.53. The molecule has 0 amide bonds. The number of hydrogen-bond acceptors (Lipinski definition) is 4. The standard InChI is InChI=1S/C17H22N2O3S/c1-22-10-14-6-8-23(20,21)17(14)11-19(12-17)9-13-3-2-4-16-15(13)5-7-18-16/h2-5,7,14,18H,6,8-12H2,1H3/t14-/m0/s1. The molecule has 2 fully saturated rings. The summed E-state index contributed by atoms with van der Waals surface area (Å²) in [5.41, 5.74) is 2.38. The van der Waals surface area contributed by atoms with Crippen molar-refractivity contribution in [3.05, 3.63) is 36.0 Å².